The van der Waals surface area contributed by atoms with Crippen LogP contribution in [0.15, 0.2) is 24.3 Å². The molecule has 0 saturated carbocycles. The number of hydrogen-bond donors (Lipinski definition) is 12. The molecule has 0 unspecified atom stereocenters. The summed E-state index contributed by atoms with van der Waals surface area (Å²) in [4.78, 5) is 142. The van der Waals surface area contributed by atoms with Gasteiger partial charge in [0.05, 0.1) is 19.4 Å². The molecule has 1 aliphatic rings. The number of hydrogen-bond acceptors (Lipinski definition) is 13. The number of nitrogens with one attached hydrogen (secondary N) is 7. The van der Waals surface area contributed by atoms with E-state index >= 15 is 0 Å². The Balaban J connectivity index is 2.31. The lowest BCUT2D eigenvalue weighted by Gasteiger charge is -2.32. The molecule has 0 bridgehead atoms. The smallest absolute Gasteiger partial charge is 0.305 e. The van der Waals surface area contributed by atoms with Crippen LogP contribution in [0.3, 0.4) is 0 Å². The van der Waals surface area contributed by atoms with E-state index in [1.54, 1.807) is 27.7 Å². The van der Waals surface area contributed by atoms with Crippen LogP contribution in [0.1, 0.15) is 79.2 Å². The third kappa shape index (κ3) is 17.7. The van der Waals surface area contributed by atoms with Gasteiger partial charge in [-0.2, -0.15) is 0 Å². The highest BCUT2D eigenvalue weighted by atomic mass is 16.4. The lowest BCUT2D eigenvalue weighted by Crippen LogP contribution is -2.61. The minimum atomic E-state index is -1.84. The molecule has 8 atom stereocenters. The maximum atomic E-state index is 13.9. The minimum Gasteiger partial charge on any atom is -0.508 e. The van der Waals surface area contributed by atoms with E-state index in [9.17, 15) is 73.2 Å². The van der Waals surface area contributed by atoms with Crippen molar-refractivity contribution in [1.29, 1.82) is 0 Å². The standard InChI is InChI=1S/C41H61N9O15/c1-19(2)14-25(34(42)58)45-39(63)29(18-51)48-35(59)21(5)43-36(60)26(15-23-9-11-24(53)12-10-23)46-37(61)28(17-32(56)57)47-40(64)30-8-7-13-50(30)41(65)33(20(3)4)49-38(62)27(16-31(54)55)44-22(6)52/h9-12,19-21,25-30,33,51,53H,7-8,13-18H2,1-6H3,(H2,42,58)(H,43,60)(H,44,52)(H,45,63)(H,46,61)(H,47,64)(H,48,59)(H,49,62)(H,54,55)(H,56,57)/t21-,25-,26-,27-,28-,29-,30-,33-/m0/s1. The monoisotopic (exact) mass is 919 g/mol. The number of aliphatic hydroxyl groups excluding tert-OH is 1. The van der Waals surface area contributed by atoms with Crippen molar-refractivity contribution in [2.45, 2.75) is 128 Å². The number of primary amides is 1. The first-order valence-electron chi connectivity index (χ1n) is 20.9. The SMILES string of the molecule is CC(=O)N[C@@H](CC(=O)O)C(=O)N[C@H](C(=O)N1CCC[C@H]1C(=O)N[C@@H](CC(=O)O)C(=O)N[C@@H](Cc1ccc(O)cc1)C(=O)N[C@@H](C)C(=O)N[C@@H](CO)C(=O)N[C@@H](CC(C)C)C(N)=O)C(C)C. The third-order valence-electron chi connectivity index (χ3n) is 10.1. The maximum Gasteiger partial charge on any atom is 0.305 e. The van der Waals surface area contributed by atoms with Crippen molar-refractivity contribution in [2.24, 2.45) is 17.6 Å². The molecule has 360 valence electrons. The van der Waals surface area contributed by atoms with Crippen molar-refractivity contribution in [3.8, 4) is 5.75 Å². The van der Waals surface area contributed by atoms with Crippen molar-refractivity contribution in [2.75, 3.05) is 13.2 Å². The van der Waals surface area contributed by atoms with Gasteiger partial charge in [0.25, 0.3) is 0 Å². The second-order valence-corrected chi connectivity index (χ2v) is 16.4. The van der Waals surface area contributed by atoms with Crippen LogP contribution in [0, 0.1) is 11.8 Å². The van der Waals surface area contributed by atoms with Gasteiger partial charge in [0.15, 0.2) is 0 Å². The summed E-state index contributed by atoms with van der Waals surface area (Å²) in [6.07, 6.45) is -1.58. The number of nitrogens with two attached hydrogens (primary N) is 1. The lowest BCUT2D eigenvalue weighted by atomic mass is 10.0. The van der Waals surface area contributed by atoms with E-state index in [0.717, 1.165) is 11.8 Å². The molecule has 24 nitrogen and oxygen atoms in total. The zero-order valence-corrected chi connectivity index (χ0v) is 37.0. The van der Waals surface area contributed by atoms with E-state index in [0.29, 0.717) is 5.56 Å². The fourth-order valence-electron chi connectivity index (χ4n) is 6.74. The number of carbonyl (C=O) groups is 11. The number of rotatable bonds is 25. The Morgan fingerprint density at radius 1 is 0.677 bits per heavy atom. The number of carbonyl (C=O) groups excluding carboxylic acids is 9. The summed E-state index contributed by atoms with van der Waals surface area (Å²) in [7, 11) is 0. The first kappa shape index (κ1) is 54.3. The molecule has 0 radical (unpaired) electrons. The molecule has 1 aromatic carbocycles. The summed E-state index contributed by atoms with van der Waals surface area (Å²) in [5.74, 6) is -12.0. The predicted molar refractivity (Wildman–Crippen MR) is 226 cm³/mol. The Morgan fingerprint density at radius 3 is 1.69 bits per heavy atom. The number of benzene rings is 1. The lowest BCUT2D eigenvalue weighted by molar-refractivity contribution is -0.145. The topological polar surface area (TPSA) is 382 Å². The summed E-state index contributed by atoms with van der Waals surface area (Å²) in [5, 5.41) is 55.1. The van der Waals surface area contributed by atoms with E-state index < -0.39 is 139 Å². The normalized spacial score (nSPS) is 16.6. The molecule has 1 heterocycles. The van der Waals surface area contributed by atoms with Crippen LogP contribution in [0.25, 0.3) is 0 Å². The Hall–Kier alpha value is -6.85. The quantitative estimate of drug-likeness (QED) is 0.0453. The van der Waals surface area contributed by atoms with E-state index in [1.165, 1.54) is 31.2 Å². The van der Waals surface area contributed by atoms with Gasteiger partial charge in [-0.05, 0) is 55.7 Å². The highest BCUT2D eigenvalue weighted by molar-refractivity contribution is 5.99. The van der Waals surface area contributed by atoms with Crippen molar-refractivity contribution < 1.29 is 73.2 Å². The fraction of sp³-hybridized carbons (Fsp3) is 0.585. The van der Waals surface area contributed by atoms with Gasteiger partial charge in [-0.15, -0.1) is 0 Å². The number of aromatic hydroxyl groups is 1. The first-order chi connectivity index (χ1) is 30.3. The number of aliphatic hydroxyl groups is 1. The van der Waals surface area contributed by atoms with Gasteiger partial charge in [-0.3, -0.25) is 52.7 Å². The molecule has 1 fully saturated rings. The van der Waals surface area contributed by atoms with Gasteiger partial charge < -0.3 is 68.3 Å². The number of phenolic OH excluding ortho intramolecular Hbond substituents is 1. The summed E-state index contributed by atoms with van der Waals surface area (Å²) in [6.45, 7) is 8.11. The van der Waals surface area contributed by atoms with Crippen LogP contribution in [0.2, 0.25) is 0 Å². The summed E-state index contributed by atoms with van der Waals surface area (Å²) >= 11 is 0. The van der Waals surface area contributed by atoms with Crippen LogP contribution in [0.4, 0.5) is 0 Å². The highest BCUT2D eigenvalue weighted by Gasteiger charge is 2.41. The number of nitrogens with zero attached hydrogens (tertiary/aromatic N) is 1. The summed E-state index contributed by atoms with van der Waals surface area (Å²) < 4.78 is 0. The Morgan fingerprint density at radius 2 is 1.18 bits per heavy atom. The van der Waals surface area contributed by atoms with E-state index in [-0.39, 0.29) is 43.9 Å². The van der Waals surface area contributed by atoms with Gasteiger partial charge in [-0.1, -0.05) is 39.8 Å². The van der Waals surface area contributed by atoms with Crippen LogP contribution in [0.5, 0.6) is 5.75 Å². The second kappa shape index (κ2) is 25.4. The van der Waals surface area contributed by atoms with Crippen molar-refractivity contribution in [3.63, 3.8) is 0 Å². The number of likely N-dealkylation sites (tertiary alicyclic amines) is 1. The number of aliphatic carboxylic acids is 2. The molecule has 1 saturated heterocycles. The van der Waals surface area contributed by atoms with E-state index in [1.807, 2.05) is 0 Å². The third-order valence-corrected chi connectivity index (χ3v) is 10.1. The summed E-state index contributed by atoms with van der Waals surface area (Å²) in [6, 6.07) is -6.20. The molecular weight excluding hydrogens is 858 g/mol. The van der Waals surface area contributed by atoms with Gasteiger partial charge in [0.1, 0.15) is 54.1 Å². The number of carboxylic acid groups (broad SMARTS) is 2. The average molecular weight is 920 g/mol. The van der Waals surface area contributed by atoms with Gasteiger partial charge in [0.2, 0.25) is 53.2 Å². The number of amides is 9. The molecule has 0 aliphatic carbocycles. The van der Waals surface area contributed by atoms with Crippen LogP contribution >= 0.6 is 0 Å². The van der Waals surface area contributed by atoms with Crippen molar-refractivity contribution in [1.82, 2.24) is 42.1 Å². The molecule has 0 aromatic heterocycles. The van der Waals surface area contributed by atoms with Gasteiger partial charge >= 0.3 is 11.9 Å². The van der Waals surface area contributed by atoms with Crippen LogP contribution < -0.4 is 43.0 Å². The molecule has 0 spiro atoms. The molecule has 2 rings (SSSR count). The molecular formula is C41H61N9O15. The van der Waals surface area contributed by atoms with Crippen LogP contribution in [-0.2, 0) is 59.2 Å². The van der Waals surface area contributed by atoms with Crippen molar-refractivity contribution in [3.05, 3.63) is 29.8 Å². The molecule has 9 amide bonds. The predicted octanol–water partition coefficient (Wildman–Crippen LogP) is -3.51. The Bertz CT molecular complexity index is 1910. The molecule has 24 heteroatoms. The second-order valence-electron chi connectivity index (χ2n) is 16.4. The van der Waals surface area contributed by atoms with Crippen LogP contribution in [-0.4, -0.2) is 152 Å². The highest BCUT2D eigenvalue weighted by Crippen LogP contribution is 2.21. The van der Waals surface area contributed by atoms with E-state index in [4.69, 9.17) is 5.73 Å². The molecule has 1 aromatic rings. The van der Waals surface area contributed by atoms with E-state index in [2.05, 4.69) is 37.2 Å². The zero-order valence-electron chi connectivity index (χ0n) is 37.0. The minimum absolute atomic E-state index is 0.00639. The molecule has 65 heavy (non-hydrogen) atoms. The Labute approximate surface area is 374 Å². The summed E-state index contributed by atoms with van der Waals surface area (Å²) in [5.41, 5.74) is 5.76. The van der Waals surface area contributed by atoms with Gasteiger partial charge in [-0.25, -0.2) is 0 Å². The zero-order chi connectivity index (χ0) is 49.3. The largest absolute Gasteiger partial charge is 0.508 e. The number of carboxylic acids is 2. The maximum absolute atomic E-state index is 13.9. The molecule has 1 aliphatic heterocycles. The number of phenols is 1. The average Bonchev–Trinajstić information content (AvgIpc) is 3.71. The fourth-order valence-corrected chi connectivity index (χ4v) is 6.74. The van der Waals surface area contributed by atoms with Crippen molar-refractivity contribution >= 4 is 65.1 Å². The van der Waals surface area contributed by atoms with Gasteiger partial charge in [0, 0.05) is 19.9 Å². The first-order valence-corrected chi connectivity index (χ1v) is 20.9. The Kier molecular flexibility index (Phi) is 21.3. The molecule has 13 N–H and O–H groups in total.